The smallest absolute Gasteiger partial charge is 0.129 e. The lowest BCUT2D eigenvalue weighted by Gasteiger charge is -2.13. The van der Waals surface area contributed by atoms with Gasteiger partial charge in [0, 0.05) is 0 Å². The van der Waals surface area contributed by atoms with E-state index in [1.807, 2.05) is 25.2 Å². The Kier molecular flexibility index (Phi) is 4.35. The third kappa shape index (κ3) is 3.10. The number of quaternary nitrogens is 1. The van der Waals surface area contributed by atoms with Gasteiger partial charge in [0.1, 0.15) is 24.7 Å². The molecule has 0 heterocycles. The SMILES string of the molecule is C[NH2+]Cc1c(OCc2ccc(F)cc2)ccc2ccccc12. The number of nitrogens with two attached hydrogens (primary N) is 1. The van der Waals surface area contributed by atoms with Gasteiger partial charge in [-0.05, 0) is 34.5 Å². The molecule has 2 nitrogen and oxygen atoms in total. The molecule has 0 aliphatic carbocycles. The van der Waals surface area contributed by atoms with Crippen molar-refractivity contribution in [3.63, 3.8) is 0 Å². The zero-order chi connectivity index (χ0) is 15.4. The molecule has 0 saturated heterocycles. The van der Waals surface area contributed by atoms with Crippen LogP contribution in [0.15, 0.2) is 60.7 Å². The Labute approximate surface area is 129 Å². The van der Waals surface area contributed by atoms with Crippen molar-refractivity contribution < 1.29 is 14.4 Å². The molecule has 0 bridgehead atoms. The van der Waals surface area contributed by atoms with Gasteiger partial charge in [0.25, 0.3) is 0 Å². The van der Waals surface area contributed by atoms with Gasteiger partial charge in [0.05, 0.1) is 12.6 Å². The number of benzene rings is 3. The molecule has 3 aromatic rings. The normalized spacial score (nSPS) is 10.8. The van der Waals surface area contributed by atoms with E-state index in [4.69, 9.17) is 4.74 Å². The van der Waals surface area contributed by atoms with E-state index < -0.39 is 0 Å². The van der Waals surface area contributed by atoms with E-state index in [0.717, 1.165) is 17.9 Å². The lowest BCUT2D eigenvalue weighted by Crippen LogP contribution is -2.77. The average Bonchev–Trinajstić information content (AvgIpc) is 2.56. The molecule has 112 valence electrons. The molecule has 0 aromatic heterocycles. The summed E-state index contributed by atoms with van der Waals surface area (Å²) in [7, 11) is 2.05. The molecular weight excluding hydrogens is 277 g/mol. The molecule has 0 fully saturated rings. The summed E-state index contributed by atoms with van der Waals surface area (Å²) >= 11 is 0. The summed E-state index contributed by atoms with van der Waals surface area (Å²) in [6.45, 7) is 1.30. The first-order chi connectivity index (χ1) is 10.8. The third-order valence-electron chi connectivity index (χ3n) is 3.71. The fourth-order valence-electron chi connectivity index (χ4n) is 2.61. The molecule has 3 rings (SSSR count). The lowest BCUT2D eigenvalue weighted by molar-refractivity contribution is -0.643. The van der Waals surface area contributed by atoms with Gasteiger partial charge in [-0.3, -0.25) is 0 Å². The highest BCUT2D eigenvalue weighted by Crippen LogP contribution is 2.28. The van der Waals surface area contributed by atoms with E-state index >= 15 is 0 Å². The summed E-state index contributed by atoms with van der Waals surface area (Å²) in [6.07, 6.45) is 0. The van der Waals surface area contributed by atoms with Crippen LogP contribution in [0, 0.1) is 5.82 Å². The molecule has 22 heavy (non-hydrogen) atoms. The Balaban J connectivity index is 1.89. The number of fused-ring (bicyclic) bond motifs is 1. The highest BCUT2D eigenvalue weighted by molar-refractivity contribution is 5.87. The Hall–Kier alpha value is -2.39. The summed E-state index contributed by atoms with van der Waals surface area (Å²) in [4.78, 5) is 0. The van der Waals surface area contributed by atoms with E-state index in [2.05, 4.69) is 23.5 Å². The van der Waals surface area contributed by atoms with Gasteiger partial charge < -0.3 is 10.1 Å². The van der Waals surface area contributed by atoms with Crippen molar-refractivity contribution in [2.75, 3.05) is 7.05 Å². The lowest BCUT2D eigenvalue weighted by atomic mass is 10.0. The summed E-state index contributed by atoms with van der Waals surface area (Å²) < 4.78 is 18.9. The molecule has 0 unspecified atom stereocenters. The summed E-state index contributed by atoms with van der Waals surface area (Å²) in [5, 5.41) is 4.57. The average molecular weight is 296 g/mol. The zero-order valence-corrected chi connectivity index (χ0v) is 12.6. The van der Waals surface area contributed by atoms with Gasteiger partial charge in [-0.1, -0.05) is 42.5 Å². The van der Waals surface area contributed by atoms with Crippen LogP contribution in [0.25, 0.3) is 10.8 Å². The quantitative estimate of drug-likeness (QED) is 0.768. The van der Waals surface area contributed by atoms with Gasteiger partial charge in [-0.15, -0.1) is 0 Å². The van der Waals surface area contributed by atoms with E-state index in [9.17, 15) is 4.39 Å². The topological polar surface area (TPSA) is 25.8 Å². The number of hydrogen-bond donors (Lipinski definition) is 1. The predicted octanol–water partition coefficient (Wildman–Crippen LogP) is 3.25. The highest BCUT2D eigenvalue weighted by atomic mass is 19.1. The van der Waals surface area contributed by atoms with E-state index in [-0.39, 0.29) is 5.82 Å². The number of ether oxygens (including phenoxy) is 1. The minimum Gasteiger partial charge on any atom is -0.488 e. The second-order valence-electron chi connectivity index (χ2n) is 5.29. The monoisotopic (exact) mass is 296 g/mol. The summed E-state index contributed by atoms with van der Waals surface area (Å²) in [5.41, 5.74) is 2.16. The largest absolute Gasteiger partial charge is 0.488 e. The molecular formula is C19H19FNO+. The van der Waals surface area contributed by atoms with Gasteiger partial charge in [-0.2, -0.15) is 0 Å². The van der Waals surface area contributed by atoms with Gasteiger partial charge >= 0.3 is 0 Å². The van der Waals surface area contributed by atoms with Crippen LogP contribution in [0.1, 0.15) is 11.1 Å². The van der Waals surface area contributed by atoms with Crippen LogP contribution in [0.5, 0.6) is 5.75 Å². The Morgan fingerprint density at radius 2 is 1.73 bits per heavy atom. The van der Waals surface area contributed by atoms with Gasteiger partial charge in [-0.25, -0.2) is 4.39 Å². The van der Waals surface area contributed by atoms with Crippen molar-refractivity contribution >= 4 is 10.8 Å². The fourth-order valence-corrected chi connectivity index (χ4v) is 2.61. The standard InChI is InChI=1S/C19H18FNO/c1-21-12-18-17-5-3-2-4-15(17)8-11-19(18)22-13-14-6-9-16(20)10-7-14/h2-11,21H,12-13H2,1H3/p+1. The van der Waals surface area contributed by atoms with Gasteiger partial charge in [0.15, 0.2) is 0 Å². The van der Waals surface area contributed by atoms with Gasteiger partial charge in [0.2, 0.25) is 0 Å². The van der Waals surface area contributed by atoms with Crippen LogP contribution >= 0.6 is 0 Å². The Morgan fingerprint density at radius 1 is 0.955 bits per heavy atom. The molecule has 0 saturated carbocycles. The first kappa shape index (κ1) is 14.5. The third-order valence-corrected chi connectivity index (χ3v) is 3.71. The van der Waals surface area contributed by atoms with Crippen LogP contribution in [-0.4, -0.2) is 7.05 Å². The van der Waals surface area contributed by atoms with E-state index in [0.29, 0.717) is 6.61 Å². The molecule has 0 aliphatic rings. The van der Waals surface area contributed by atoms with Crippen LogP contribution in [0.3, 0.4) is 0 Å². The Bertz CT molecular complexity index is 768. The van der Waals surface area contributed by atoms with Crippen LogP contribution in [-0.2, 0) is 13.2 Å². The van der Waals surface area contributed by atoms with Crippen LogP contribution < -0.4 is 10.1 Å². The molecule has 0 aliphatic heterocycles. The summed E-state index contributed by atoms with van der Waals surface area (Å²) in [6, 6.07) is 18.8. The van der Waals surface area contributed by atoms with Crippen molar-refractivity contribution in [1.29, 1.82) is 0 Å². The molecule has 0 amide bonds. The second kappa shape index (κ2) is 6.58. The van der Waals surface area contributed by atoms with Crippen molar-refractivity contribution in [1.82, 2.24) is 0 Å². The number of halogens is 1. The Morgan fingerprint density at radius 3 is 2.50 bits per heavy atom. The maximum absolute atomic E-state index is 12.9. The maximum Gasteiger partial charge on any atom is 0.129 e. The molecule has 3 aromatic carbocycles. The van der Waals surface area contributed by atoms with Crippen molar-refractivity contribution in [3.05, 3.63) is 77.6 Å². The zero-order valence-electron chi connectivity index (χ0n) is 12.6. The molecule has 0 radical (unpaired) electrons. The maximum atomic E-state index is 12.9. The number of hydrogen-bond acceptors (Lipinski definition) is 1. The van der Waals surface area contributed by atoms with Crippen LogP contribution in [0.2, 0.25) is 0 Å². The first-order valence-corrected chi connectivity index (χ1v) is 7.43. The van der Waals surface area contributed by atoms with Crippen molar-refractivity contribution in [3.8, 4) is 5.75 Å². The van der Waals surface area contributed by atoms with Crippen molar-refractivity contribution in [2.24, 2.45) is 0 Å². The first-order valence-electron chi connectivity index (χ1n) is 7.43. The minimum absolute atomic E-state index is 0.226. The highest BCUT2D eigenvalue weighted by Gasteiger charge is 2.10. The molecule has 0 spiro atoms. The number of rotatable bonds is 5. The molecule has 3 heteroatoms. The van der Waals surface area contributed by atoms with Crippen LogP contribution in [0.4, 0.5) is 4.39 Å². The fraction of sp³-hybridized carbons (Fsp3) is 0.158. The minimum atomic E-state index is -0.226. The van der Waals surface area contributed by atoms with E-state index in [1.54, 1.807) is 12.1 Å². The van der Waals surface area contributed by atoms with Crippen molar-refractivity contribution in [2.45, 2.75) is 13.2 Å². The second-order valence-corrected chi connectivity index (χ2v) is 5.29. The van der Waals surface area contributed by atoms with E-state index in [1.165, 1.54) is 28.5 Å². The molecule has 0 atom stereocenters. The summed E-state index contributed by atoms with van der Waals surface area (Å²) in [5.74, 6) is 0.664. The predicted molar refractivity (Wildman–Crippen MR) is 86.2 cm³/mol. The molecule has 2 N–H and O–H groups in total.